The first-order valence-electron chi connectivity index (χ1n) is 6.32. The molecule has 6 nitrogen and oxygen atoms in total. The van der Waals surface area contributed by atoms with E-state index in [0.717, 1.165) is 19.4 Å². The number of primary amides is 1. The number of nitrogens with two attached hydrogens (primary N) is 2. The van der Waals surface area contributed by atoms with Crippen LogP contribution in [0.4, 0.5) is 5.69 Å². The van der Waals surface area contributed by atoms with E-state index in [-0.39, 0.29) is 11.9 Å². The molecule has 19 heavy (non-hydrogen) atoms. The number of hydrogen-bond acceptors (Lipinski definition) is 5. The fourth-order valence-corrected chi connectivity index (χ4v) is 2.59. The Morgan fingerprint density at radius 1 is 1.53 bits per heavy atom. The van der Waals surface area contributed by atoms with Gasteiger partial charge in [0.25, 0.3) is 0 Å². The number of likely N-dealkylation sites (tertiary alicyclic amines) is 1. The molecule has 3 rings (SSSR count). The summed E-state index contributed by atoms with van der Waals surface area (Å²) in [7, 11) is 0. The largest absolute Gasteiger partial charge is 0.439 e. The quantitative estimate of drug-likeness (QED) is 0.797. The van der Waals surface area contributed by atoms with Crippen molar-refractivity contribution in [3.05, 3.63) is 24.1 Å². The Kier molecular flexibility index (Phi) is 2.87. The van der Waals surface area contributed by atoms with E-state index in [2.05, 4.69) is 4.98 Å². The summed E-state index contributed by atoms with van der Waals surface area (Å²) in [5, 5.41) is 0. The van der Waals surface area contributed by atoms with Crippen LogP contribution in [0.3, 0.4) is 0 Å². The summed E-state index contributed by atoms with van der Waals surface area (Å²) in [6.07, 6.45) is 1.77. The molecule has 1 fully saturated rings. The van der Waals surface area contributed by atoms with E-state index < -0.39 is 0 Å². The molecule has 0 saturated carbocycles. The molecule has 1 aromatic carbocycles. The number of carbonyl (C=O) groups is 1. The van der Waals surface area contributed by atoms with Gasteiger partial charge in [-0.25, -0.2) is 4.98 Å². The summed E-state index contributed by atoms with van der Waals surface area (Å²) >= 11 is 0. The number of anilines is 1. The van der Waals surface area contributed by atoms with Gasteiger partial charge in [-0.05, 0) is 31.5 Å². The number of nitrogens with zero attached hydrogens (tertiary/aromatic N) is 2. The molecule has 1 saturated heterocycles. The van der Waals surface area contributed by atoms with Crippen molar-refractivity contribution in [1.29, 1.82) is 0 Å². The monoisotopic (exact) mass is 260 g/mol. The Hall–Kier alpha value is -2.08. The Morgan fingerprint density at radius 3 is 3.11 bits per heavy atom. The summed E-state index contributed by atoms with van der Waals surface area (Å²) in [5.74, 6) is 0.286. The molecule has 100 valence electrons. The summed E-state index contributed by atoms with van der Waals surface area (Å²) in [6, 6.07) is 5.23. The lowest BCUT2D eigenvalue weighted by Crippen LogP contribution is -2.39. The van der Waals surface area contributed by atoms with E-state index in [4.69, 9.17) is 15.9 Å². The summed E-state index contributed by atoms with van der Waals surface area (Å²) in [5.41, 5.74) is 13.2. The number of nitrogen functional groups attached to an aromatic ring is 1. The van der Waals surface area contributed by atoms with Gasteiger partial charge in [0.05, 0.1) is 18.3 Å². The lowest BCUT2D eigenvalue weighted by Gasteiger charge is -2.19. The summed E-state index contributed by atoms with van der Waals surface area (Å²) < 4.78 is 5.65. The number of amides is 1. The van der Waals surface area contributed by atoms with Crippen molar-refractivity contribution in [2.24, 2.45) is 5.73 Å². The average molecular weight is 260 g/mol. The molecule has 1 amide bonds. The van der Waals surface area contributed by atoms with Crippen molar-refractivity contribution in [2.75, 3.05) is 12.3 Å². The molecule has 6 heteroatoms. The number of oxazole rings is 1. The van der Waals surface area contributed by atoms with Crippen LogP contribution in [-0.2, 0) is 11.3 Å². The number of fused-ring (bicyclic) bond motifs is 1. The first-order chi connectivity index (χ1) is 9.15. The molecule has 2 heterocycles. The fraction of sp³-hybridized carbons (Fsp3) is 0.385. The van der Waals surface area contributed by atoms with Crippen LogP contribution in [-0.4, -0.2) is 28.4 Å². The molecular weight excluding hydrogens is 244 g/mol. The normalized spacial score (nSPS) is 20.1. The lowest BCUT2D eigenvalue weighted by molar-refractivity contribution is -0.122. The molecule has 1 aromatic heterocycles. The van der Waals surface area contributed by atoms with Gasteiger partial charge in [0.2, 0.25) is 11.8 Å². The van der Waals surface area contributed by atoms with Gasteiger partial charge >= 0.3 is 0 Å². The average Bonchev–Trinajstić information content (AvgIpc) is 2.96. The standard InChI is InChI=1S/C13H16N4O2/c14-8-3-1-5-10-12(8)16-11(19-10)7-17-6-2-4-9(17)13(15)18/h1,3,5,9H,2,4,6-7,14H2,(H2,15,18). The van der Waals surface area contributed by atoms with E-state index in [0.29, 0.717) is 29.2 Å². The van der Waals surface area contributed by atoms with Crippen LogP contribution in [0.15, 0.2) is 22.6 Å². The molecular formula is C13H16N4O2. The molecule has 0 aliphatic carbocycles. The second kappa shape index (κ2) is 4.55. The highest BCUT2D eigenvalue weighted by atomic mass is 16.3. The molecule has 0 radical (unpaired) electrons. The Morgan fingerprint density at radius 2 is 2.37 bits per heavy atom. The summed E-state index contributed by atoms with van der Waals surface area (Å²) in [6.45, 7) is 1.32. The third-order valence-electron chi connectivity index (χ3n) is 3.52. The Labute approximate surface area is 110 Å². The number of carbonyl (C=O) groups excluding carboxylic acids is 1. The molecule has 0 bridgehead atoms. The fourth-order valence-electron chi connectivity index (χ4n) is 2.59. The smallest absolute Gasteiger partial charge is 0.234 e. The van der Waals surface area contributed by atoms with E-state index in [1.807, 2.05) is 17.0 Å². The SMILES string of the molecule is NC(=O)C1CCCN1Cc1nc2c(N)cccc2o1. The van der Waals surface area contributed by atoms with Gasteiger partial charge in [-0.3, -0.25) is 9.69 Å². The first kappa shape index (κ1) is 12.0. The first-order valence-corrected chi connectivity index (χ1v) is 6.32. The Bertz CT molecular complexity index is 622. The van der Waals surface area contributed by atoms with Crippen LogP contribution >= 0.6 is 0 Å². The predicted octanol–water partition coefficient (Wildman–Crippen LogP) is 0.860. The highest BCUT2D eigenvalue weighted by Gasteiger charge is 2.30. The zero-order valence-corrected chi connectivity index (χ0v) is 10.5. The third-order valence-corrected chi connectivity index (χ3v) is 3.52. The van der Waals surface area contributed by atoms with Crippen molar-refractivity contribution in [2.45, 2.75) is 25.4 Å². The minimum Gasteiger partial charge on any atom is -0.439 e. The maximum Gasteiger partial charge on any atom is 0.234 e. The molecule has 0 spiro atoms. The van der Waals surface area contributed by atoms with Crippen molar-refractivity contribution in [3.8, 4) is 0 Å². The highest BCUT2D eigenvalue weighted by molar-refractivity contribution is 5.85. The van der Waals surface area contributed by atoms with Crippen molar-refractivity contribution in [1.82, 2.24) is 9.88 Å². The summed E-state index contributed by atoms with van der Waals surface area (Å²) in [4.78, 5) is 17.7. The van der Waals surface area contributed by atoms with E-state index in [1.54, 1.807) is 6.07 Å². The number of rotatable bonds is 3. The van der Waals surface area contributed by atoms with Crippen LogP contribution in [0.25, 0.3) is 11.1 Å². The van der Waals surface area contributed by atoms with Crippen molar-refractivity contribution < 1.29 is 9.21 Å². The molecule has 1 aliphatic heterocycles. The maximum absolute atomic E-state index is 11.3. The number of aromatic nitrogens is 1. The lowest BCUT2D eigenvalue weighted by atomic mass is 10.2. The van der Waals surface area contributed by atoms with Gasteiger partial charge in [0.15, 0.2) is 5.58 Å². The number of benzene rings is 1. The zero-order chi connectivity index (χ0) is 13.4. The topological polar surface area (TPSA) is 98.4 Å². The van der Waals surface area contributed by atoms with E-state index in [1.165, 1.54) is 0 Å². The predicted molar refractivity (Wildman–Crippen MR) is 71.0 cm³/mol. The molecule has 1 atom stereocenters. The van der Waals surface area contributed by atoms with Gasteiger partial charge in [-0.1, -0.05) is 6.07 Å². The molecule has 1 aliphatic rings. The van der Waals surface area contributed by atoms with Gasteiger partial charge in [0, 0.05) is 0 Å². The molecule has 2 aromatic rings. The second-order valence-electron chi connectivity index (χ2n) is 4.83. The minimum absolute atomic E-state index is 0.215. The molecule has 1 unspecified atom stereocenters. The minimum atomic E-state index is -0.284. The van der Waals surface area contributed by atoms with Crippen LogP contribution in [0.2, 0.25) is 0 Å². The van der Waals surface area contributed by atoms with Crippen molar-refractivity contribution >= 4 is 22.7 Å². The third kappa shape index (κ3) is 2.15. The van der Waals surface area contributed by atoms with Gasteiger partial charge in [-0.2, -0.15) is 0 Å². The number of para-hydroxylation sites is 1. The van der Waals surface area contributed by atoms with Crippen LogP contribution in [0.5, 0.6) is 0 Å². The van der Waals surface area contributed by atoms with Gasteiger partial charge in [-0.15, -0.1) is 0 Å². The number of hydrogen-bond donors (Lipinski definition) is 2. The van der Waals surface area contributed by atoms with E-state index >= 15 is 0 Å². The van der Waals surface area contributed by atoms with Crippen LogP contribution in [0, 0.1) is 0 Å². The Balaban J connectivity index is 1.85. The van der Waals surface area contributed by atoms with Crippen LogP contribution < -0.4 is 11.5 Å². The molecule has 4 N–H and O–H groups in total. The van der Waals surface area contributed by atoms with Crippen LogP contribution in [0.1, 0.15) is 18.7 Å². The van der Waals surface area contributed by atoms with E-state index in [9.17, 15) is 4.79 Å². The second-order valence-corrected chi connectivity index (χ2v) is 4.83. The zero-order valence-electron chi connectivity index (χ0n) is 10.5. The van der Waals surface area contributed by atoms with Gasteiger partial charge in [0.1, 0.15) is 5.52 Å². The highest BCUT2D eigenvalue weighted by Crippen LogP contribution is 2.24. The maximum atomic E-state index is 11.3. The van der Waals surface area contributed by atoms with Crippen molar-refractivity contribution in [3.63, 3.8) is 0 Å². The van der Waals surface area contributed by atoms with Gasteiger partial charge < -0.3 is 15.9 Å².